The van der Waals surface area contributed by atoms with Crippen LogP contribution in [-0.2, 0) is 20.6 Å². The van der Waals surface area contributed by atoms with E-state index in [4.69, 9.17) is 14.2 Å². The summed E-state index contributed by atoms with van der Waals surface area (Å²) in [5.74, 6) is 0.0445. The van der Waals surface area contributed by atoms with Gasteiger partial charge in [0.15, 0.2) is 23.2 Å². The van der Waals surface area contributed by atoms with Gasteiger partial charge in [-0.05, 0) is 30.2 Å². The highest BCUT2D eigenvalue weighted by Crippen LogP contribution is 2.37. The van der Waals surface area contributed by atoms with Gasteiger partial charge in [-0.1, -0.05) is 12.1 Å². The Morgan fingerprint density at radius 1 is 1.07 bits per heavy atom. The Labute approximate surface area is 248 Å². The third-order valence-corrected chi connectivity index (χ3v) is 7.05. The van der Waals surface area contributed by atoms with E-state index in [1.807, 2.05) is 0 Å². The van der Waals surface area contributed by atoms with Gasteiger partial charge in [-0.15, -0.1) is 0 Å². The van der Waals surface area contributed by atoms with Crippen molar-refractivity contribution in [2.45, 2.75) is 44.0 Å². The number of hydrogen-bond acceptors (Lipinski definition) is 13. The Bertz CT molecular complexity index is 1650. The van der Waals surface area contributed by atoms with Crippen LogP contribution in [0.4, 0.5) is 22.0 Å². The quantitative estimate of drug-likeness (QED) is 0.164. The maximum atomic E-state index is 12.5. The summed E-state index contributed by atoms with van der Waals surface area (Å²) in [6.45, 7) is 1.21. The number of rotatable bonds is 11. The SMILES string of the molecule is CC(O[C@@H]1[C@H](O)[C@@H](CO)O[C@H]1n1cnc2c(NC(=O)OCCc3ccc([N+](=O)[O-])cc3)ncnc21)c1ccc([N+](=O)[O-])cc1. The molecule has 2 aromatic carbocycles. The van der Waals surface area contributed by atoms with E-state index in [-0.39, 0.29) is 35.0 Å². The van der Waals surface area contributed by atoms with E-state index in [1.54, 1.807) is 31.2 Å². The van der Waals surface area contributed by atoms with Crippen LogP contribution >= 0.6 is 0 Å². The minimum Gasteiger partial charge on any atom is -0.449 e. The molecule has 17 nitrogen and oxygen atoms in total. The molecule has 4 aromatic rings. The number of aliphatic hydroxyl groups is 2. The average molecular weight is 610 g/mol. The Morgan fingerprint density at radius 2 is 1.73 bits per heavy atom. The Balaban J connectivity index is 1.28. The number of benzene rings is 2. The standard InChI is InChI=1S/C27H27N7O10/c1-15(17-4-8-19(9-5-17)34(40)41)43-23-22(36)20(12-35)44-26(23)32-14-30-21-24(28-13-29-25(21)32)31-27(37)42-11-10-16-2-6-18(7-3-16)33(38)39/h2-9,13-15,20,22-23,26,35-36H,10-12H2,1H3,(H,28,29,31,37)/t15?,20-,22-,23-,26-/m1/s1. The summed E-state index contributed by atoms with van der Waals surface area (Å²) in [7, 11) is 0. The Hall–Kier alpha value is -5.10. The summed E-state index contributed by atoms with van der Waals surface area (Å²) in [6.07, 6.45) is -2.79. The lowest BCUT2D eigenvalue weighted by molar-refractivity contribution is -0.385. The minimum atomic E-state index is -1.24. The summed E-state index contributed by atoms with van der Waals surface area (Å²) in [6, 6.07) is 11.7. The molecule has 1 aliphatic rings. The smallest absolute Gasteiger partial charge is 0.412 e. The van der Waals surface area contributed by atoms with Gasteiger partial charge in [-0.3, -0.25) is 30.1 Å². The van der Waals surface area contributed by atoms with Crippen LogP contribution in [0.5, 0.6) is 0 Å². The molecule has 230 valence electrons. The van der Waals surface area contributed by atoms with Gasteiger partial charge in [0.2, 0.25) is 0 Å². The molecule has 44 heavy (non-hydrogen) atoms. The van der Waals surface area contributed by atoms with Crippen molar-refractivity contribution in [3.8, 4) is 0 Å². The van der Waals surface area contributed by atoms with Gasteiger partial charge < -0.3 is 24.4 Å². The fourth-order valence-electron chi connectivity index (χ4n) is 4.73. The normalized spacial score (nSPS) is 20.3. The van der Waals surface area contributed by atoms with Gasteiger partial charge in [0.25, 0.3) is 11.4 Å². The zero-order valence-electron chi connectivity index (χ0n) is 23.1. The van der Waals surface area contributed by atoms with Gasteiger partial charge in [0.1, 0.15) is 24.6 Å². The van der Waals surface area contributed by atoms with Crippen LogP contribution in [0.15, 0.2) is 61.2 Å². The molecule has 3 N–H and O–H groups in total. The lowest BCUT2D eigenvalue weighted by Gasteiger charge is -2.26. The molecule has 1 unspecified atom stereocenters. The molecular weight excluding hydrogens is 582 g/mol. The number of nitrogens with one attached hydrogen (secondary N) is 1. The maximum absolute atomic E-state index is 12.5. The van der Waals surface area contributed by atoms with Crippen molar-refractivity contribution in [1.82, 2.24) is 19.5 Å². The topological polar surface area (TPSA) is 227 Å². The molecule has 0 saturated carbocycles. The zero-order chi connectivity index (χ0) is 31.4. The zero-order valence-corrected chi connectivity index (χ0v) is 23.1. The number of imidazole rings is 1. The third kappa shape index (κ3) is 6.45. The number of carbonyl (C=O) groups excluding carboxylic acids is 1. The molecule has 0 aliphatic carbocycles. The van der Waals surface area contributed by atoms with E-state index in [0.29, 0.717) is 12.0 Å². The van der Waals surface area contributed by atoms with Crippen LogP contribution in [0.2, 0.25) is 0 Å². The van der Waals surface area contributed by atoms with Crippen LogP contribution in [0.1, 0.15) is 30.4 Å². The Morgan fingerprint density at radius 3 is 2.36 bits per heavy atom. The molecule has 1 saturated heterocycles. The molecule has 2 aromatic heterocycles. The van der Waals surface area contributed by atoms with Crippen LogP contribution in [-0.4, -0.2) is 77.2 Å². The predicted octanol–water partition coefficient (Wildman–Crippen LogP) is 2.83. The first-order valence-electron chi connectivity index (χ1n) is 13.3. The van der Waals surface area contributed by atoms with E-state index in [0.717, 1.165) is 5.56 Å². The van der Waals surface area contributed by atoms with Gasteiger partial charge in [-0.2, -0.15) is 0 Å². The van der Waals surface area contributed by atoms with Crippen molar-refractivity contribution in [3.05, 3.63) is 92.5 Å². The molecule has 0 radical (unpaired) electrons. The highest BCUT2D eigenvalue weighted by molar-refractivity contribution is 5.93. The molecule has 5 rings (SSSR count). The van der Waals surface area contributed by atoms with E-state index in [2.05, 4.69) is 20.3 Å². The highest BCUT2D eigenvalue weighted by atomic mass is 16.6. The molecule has 3 heterocycles. The number of ether oxygens (including phenoxy) is 3. The van der Waals surface area contributed by atoms with Crippen LogP contribution < -0.4 is 5.32 Å². The summed E-state index contributed by atoms with van der Waals surface area (Å²) >= 11 is 0. The van der Waals surface area contributed by atoms with Crippen molar-refractivity contribution in [2.75, 3.05) is 18.5 Å². The molecule has 5 atom stereocenters. The first kappa shape index (κ1) is 30.4. The van der Waals surface area contributed by atoms with Gasteiger partial charge >= 0.3 is 6.09 Å². The number of nitro groups is 2. The number of hydrogen-bond donors (Lipinski definition) is 3. The van der Waals surface area contributed by atoms with Crippen LogP contribution in [0.3, 0.4) is 0 Å². The summed E-state index contributed by atoms with van der Waals surface area (Å²) in [4.78, 5) is 45.9. The van der Waals surface area contributed by atoms with E-state index in [9.17, 15) is 35.2 Å². The van der Waals surface area contributed by atoms with Gasteiger partial charge in [0.05, 0.1) is 35.5 Å². The van der Waals surface area contributed by atoms with Crippen LogP contribution in [0, 0.1) is 20.2 Å². The Kier molecular flexibility index (Phi) is 9.00. The van der Waals surface area contributed by atoms with Crippen molar-refractivity contribution in [2.24, 2.45) is 0 Å². The lowest BCUT2D eigenvalue weighted by Crippen LogP contribution is -2.36. The number of aliphatic hydroxyl groups excluding tert-OH is 2. The van der Waals surface area contributed by atoms with Crippen molar-refractivity contribution in [1.29, 1.82) is 0 Å². The summed E-state index contributed by atoms with van der Waals surface area (Å²) < 4.78 is 18.8. The number of non-ortho nitro benzene ring substituents is 2. The number of aromatic nitrogens is 4. The summed E-state index contributed by atoms with van der Waals surface area (Å²) in [5.41, 5.74) is 1.66. The maximum Gasteiger partial charge on any atom is 0.412 e. The highest BCUT2D eigenvalue weighted by Gasteiger charge is 2.46. The second-order valence-electron chi connectivity index (χ2n) is 9.81. The number of amides is 1. The first-order valence-corrected chi connectivity index (χ1v) is 13.3. The van der Waals surface area contributed by atoms with Crippen molar-refractivity contribution < 1.29 is 39.1 Å². The molecule has 17 heteroatoms. The number of nitrogens with zero attached hydrogens (tertiary/aromatic N) is 6. The molecule has 1 aliphatic heterocycles. The fourth-order valence-corrected chi connectivity index (χ4v) is 4.73. The van der Waals surface area contributed by atoms with E-state index < -0.39 is 53.2 Å². The predicted molar refractivity (Wildman–Crippen MR) is 150 cm³/mol. The lowest BCUT2D eigenvalue weighted by atomic mass is 10.1. The number of nitro benzene ring substituents is 2. The third-order valence-electron chi connectivity index (χ3n) is 7.05. The van der Waals surface area contributed by atoms with Gasteiger partial charge in [0, 0.05) is 30.7 Å². The molecular formula is C27H27N7O10. The van der Waals surface area contributed by atoms with Crippen LogP contribution in [0.25, 0.3) is 11.2 Å². The second-order valence-corrected chi connectivity index (χ2v) is 9.81. The minimum absolute atomic E-state index is 0.00533. The van der Waals surface area contributed by atoms with Crippen molar-refractivity contribution >= 4 is 34.4 Å². The first-order chi connectivity index (χ1) is 21.2. The number of fused-ring (bicyclic) bond motifs is 1. The van der Waals surface area contributed by atoms with E-state index >= 15 is 0 Å². The molecule has 0 bridgehead atoms. The fraction of sp³-hybridized carbons (Fsp3) is 0.333. The molecule has 1 fully saturated rings. The second kappa shape index (κ2) is 13.0. The van der Waals surface area contributed by atoms with Gasteiger partial charge in [-0.25, -0.2) is 19.7 Å². The molecule has 1 amide bonds. The monoisotopic (exact) mass is 609 g/mol. The summed E-state index contributed by atoms with van der Waals surface area (Å²) in [5, 5.41) is 45.0. The number of carbonyl (C=O) groups is 1. The largest absolute Gasteiger partial charge is 0.449 e. The van der Waals surface area contributed by atoms with Crippen molar-refractivity contribution in [3.63, 3.8) is 0 Å². The molecule has 0 spiro atoms. The number of anilines is 1. The van der Waals surface area contributed by atoms with E-state index in [1.165, 1.54) is 41.5 Å². The average Bonchev–Trinajstić information content (AvgIpc) is 3.58.